The highest BCUT2D eigenvalue weighted by atomic mass is 19.4. The molecule has 1 unspecified atom stereocenters. The summed E-state index contributed by atoms with van der Waals surface area (Å²) in [7, 11) is 0. The fourth-order valence-electron chi connectivity index (χ4n) is 5.48. The maximum absolute atomic E-state index is 14.1. The van der Waals surface area contributed by atoms with Gasteiger partial charge in [0.25, 0.3) is 0 Å². The predicted octanol–water partition coefficient (Wildman–Crippen LogP) is 6.28. The second-order valence-corrected chi connectivity index (χ2v) is 9.79. The predicted molar refractivity (Wildman–Crippen MR) is 135 cm³/mol. The lowest BCUT2D eigenvalue weighted by atomic mass is 9.91. The van der Waals surface area contributed by atoms with Crippen molar-refractivity contribution in [1.82, 2.24) is 14.8 Å². The van der Waals surface area contributed by atoms with Gasteiger partial charge in [-0.3, -0.25) is 4.79 Å². The second-order valence-electron chi connectivity index (χ2n) is 9.79. The Morgan fingerprint density at radius 1 is 1.13 bits per heavy atom. The van der Waals surface area contributed by atoms with Crippen LogP contribution in [-0.4, -0.2) is 32.4 Å². The summed E-state index contributed by atoms with van der Waals surface area (Å²) in [4.78, 5) is 15.2. The number of carbonyl (C=O) groups is 1. The van der Waals surface area contributed by atoms with Gasteiger partial charge in [0.2, 0.25) is 0 Å². The van der Waals surface area contributed by atoms with E-state index in [1.165, 1.54) is 6.07 Å². The van der Waals surface area contributed by atoms with Crippen molar-refractivity contribution in [1.29, 1.82) is 0 Å². The van der Waals surface area contributed by atoms with Gasteiger partial charge in [-0.2, -0.15) is 18.3 Å². The molecule has 2 heterocycles. The van der Waals surface area contributed by atoms with Gasteiger partial charge in [-0.25, -0.2) is 9.67 Å². The van der Waals surface area contributed by atoms with Crippen molar-refractivity contribution in [2.24, 2.45) is 0 Å². The van der Waals surface area contributed by atoms with E-state index in [-0.39, 0.29) is 24.5 Å². The molecule has 1 aromatic heterocycles. The van der Waals surface area contributed by atoms with Crippen LogP contribution in [0.4, 0.5) is 13.2 Å². The number of alkyl halides is 3. The average Bonchev–Trinajstić information content (AvgIpc) is 3.62. The molecule has 0 saturated heterocycles. The van der Waals surface area contributed by atoms with Crippen LogP contribution in [0.1, 0.15) is 52.9 Å². The molecule has 4 aromatic rings. The summed E-state index contributed by atoms with van der Waals surface area (Å²) in [6, 6.07) is 14.7. The van der Waals surface area contributed by atoms with E-state index in [1.54, 1.807) is 60.4 Å². The Balaban J connectivity index is 1.32. The number of fused-ring (bicyclic) bond motifs is 2. The molecule has 7 nitrogen and oxygen atoms in total. The summed E-state index contributed by atoms with van der Waals surface area (Å²) in [5, 5.41) is 13.4. The van der Waals surface area contributed by atoms with Gasteiger partial charge in [0.1, 0.15) is 29.8 Å². The molecule has 1 aliphatic carbocycles. The van der Waals surface area contributed by atoms with Crippen LogP contribution in [-0.2, 0) is 17.4 Å². The third kappa shape index (κ3) is 4.71. The Morgan fingerprint density at radius 2 is 1.90 bits per heavy atom. The maximum atomic E-state index is 14.1. The van der Waals surface area contributed by atoms with E-state index in [9.17, 15) is 18.0 Å². The first-order valence-corrected chi connectivity index (χ1v) is 12.5. The maximum Gasteiger partial charge on any atom is 0.417 e. The van der Waals surface area contributed by atoms with Crippen molar-refractivity contribution in [3.8, 4) is 28.3 Å². The van der Waals surface area contributed by atoms with Crippen molar-refractivity contribution < 1.29 is 32.5 Å². The third-order valence-corrected chi connectivity index (χ3v) is 7.25. The van der Waals surface area contributed by atoms with Gasteiger partial charge < -0.3 is 14.6 Å². The SMILES string of the molecule is Cc1ncn(-c2ccc(-c3c(C(F)(F)F)ccc4c3CCC4Oc3ccc4c(c3)OC[C@H]4CC(=O)O)cc2)n1. The molecule has 2 atom stereocenters. The molecule has 10 heteroatoms. The van der Waals surface area contributed by atoms with Gasteiger partial charge in [-0.15, -0.1) is 0 Å². The van der Waals surface area contributed by atoms with Crippen molar-refractivity contribution in [2.75, 3.05) is 6.61 Å². The molecule has 200 valence electrons. The van der Waals surface area contributed by atoms with E-state index in [0.29, 0.717) is 47.0 Å². The molecule has 3 aromatic carbocycles. The lowest BCUT2D eigenvalue weighted by Gasteiger charge is -2.20. The molecule has 1 N–H and O–H groups in total. The van der Waals surface area contributed by atoms with Crippen LogP contribution in [0, 0.1) is 6.92 Å². The van der Waals surface area contributed by atoms with E-state index in [2.05, 4.69) is 10.1 Å². The number of carboxylic acid groups (broad SMARTS) is 1. The molecule has 0 spiro atoms. The number of aromatic nitrogens is 3. The van der Waals surface area contributed by atoms with Gasteiger partial charge >= 0.3 is 12.1 Å². The van der Waals surface area contributed by atoms with E-state index in [0.717, 1.165) is 17.2 Å². The Hall–Kier alpha value is -4.34. The zero-order chi connectivity index (χ0) is 27.3. The van der Waals surface area contributed by atoms with E-state index < -0.39 is 23.8 Å². The van der Waals surface area contributed by atoms with Crippen LogP contribution < -0.4 is 9.47 Å². The summed E-state index contributed by atoms with van der Waals surface area (Å²) < 4.78 is 55.9. The number of aryl methyl sites for hydroxylation is 1. The zero-order valence-corrected chi connectivity index (χ0v) is 20.9. The molecule has 39 heavy (non-hydrogen) atoms. The second kappa shape index (κ2) is 9.44. The lowest BCUT2D eigenvalue weighted by molar-refractivity contribution is -0.138. The van der Waals surface area contributed by atoms with Crippen molar-refractivity contribution >= 4 is 5.97 Å². The molecule has 0 saturated carbocycles. The number of nitrogens with zero attached hydrogens (tertiary/aromatic N) is 3. The number of benzene rings is 3. The van der Waals surface area contributed by atoms with E-state index in [4.69, 9.17) is 14.6 Å². The summed E-state index contributed by atoms with van der Waals surface area (Å²) in [6.45, 7) is 2.05. The lowest BCUT2D eigenvalue weighted by Crippen LogP contribution is -2.10. The van der Waals surface area contributed by atoms with Gasteiger partial charge in [-0.1, -0.05) is 24.3 Å². The quantitative estimate of drug-likeness (QED) is 0.313. The number of hydrogen-bond donors (Lipinski definition) is 1. The number of ether oxygens (including phenoxy) is 2. The van der Waals surface area contributed by atoms with Crippen molar-refractivity contribution in [2.45, 2.75) is 44.4 Å². The minimum atomic E-state index is -4.52. The van der Waals surface area contributed by atoms with Gasteiger partial charge in [-0.05, 0) is 66.3 Å². The zero-order valence-electron chi connectivity index (χ0n) is 20.9. The number of halogens is 3. The van der Waals surface area contributed by atoms with Crippen LogP contribution >= 0.6 is 0 Å². The fourth-order valence-corrected chi connectivity index (χ4v) is 5.48. The van der Waals surface area contributed by atoms with Crippen LogP contribution in [0.3, 0.4) is 0 Å². The summed E-state index contributed by atoms with van der Waals surface area (Å²) in [6.07, 6.45) is -2.44. The Morgan fingerprint density at radius 3 is 2.59 bits per heavy atom. The molecule has 0 amide bonds. The van der Waals surface area contributed by atoms with E-state index in [1.807, 2.05) is 0 Å². The largest absolute Gasteiger partial charge is 0.492 e. The van der Waals surface area contributed by atoms with Crippen LogP contribution in [0.5, 0.6) is 11.5 Å². The molecular formula is C29H24F3N3O4. The Bertz CT molecular complexity index is 1560. The van der Waals surface area contributed by atoms with Gasteiger partial charge in [0.15, 0.2) is 0 Å². The first-order chi connectivity index (χ1) is 18.7. The highest BCUT2D eigenvalue weighted by molar-refractivity contribution is 5.75. The van der Waals surface area contributed by atoms with Gasteiger partial charge in [0.05, 0.1) is 24.3 Å². The number of hydrogen-bond acceptors (Lipinski definition) is 5. The highest BCUT2D eigenvalue weighted by Gasteiger charge is 2.38. The summed E-state index contributed by atoms with van der Waals surface area (Å²) >= 11 is 0. The molecule has 0 bridgehead atoms. The van der Waals surface area contributed by atoms with Crippen molar-refractivity contribution in [3.05, 3.63) is 89.0 Å². The minimum Gasteiger partial charge on any atom is -0.492 e. The number of rotatable bonds is 6. The van der Waals surface area contributed by atoms with E-state index >= 15 is 0 Å². The average molecular weight is 536 g/mol. The summed E-state index contributed by atoms with van der Waals surface area (Å²) in [5.74, 6) is 0.586. The highest BCUT2D eigenvalue weighted by Crippen LogP contribution is 2.47. The van der Waals surface area contributed by atoms with Crippen LogP contribution in [0.25, 0.3) is 16.8 Å². The molecule has 6 rings (SSSR count). The Labute approximate surface area is 221 Å². The smallest absolute Gasteiger partial charge is 0.417 e. The van der Waals surface area contributed by atoms with Crippen molar-refractivity contribution in [3.63, 3.8) is 0 Å². The minimum absolute atomic E-state index is 0.0209. The Kier molecular flexibility index (Phi) is 6.05. The van der Waals surface area contributed by atoms with Crippen LogP contribution in [0.15, 0.2) is 60.9 Å². The van der Waals surface area contributed by atoms with Crippen LogP contribution in [0.2, 0.25) is 0 Å². The standard InChI is InChI=1S/C29H24F3N3O4/c1-16-33-15-35(34-16)19-4-2-17(3-5-19)28-23-9-11-25(22(23)8-10-24(28)29(30,31)32)39-20-6-7-21-18(12-27(36)37)14-38-26(21)13-20/h2-8,10,13,15,18,25H,9,11-12,14H2,1H3,(H,36,37)/t18-,25?/m1/s1. The topological polar surface area (TPSA) is 86.5 Å². The molecule has 1 aliphatic heterocycles. The first kappa shape index (κ1) is 25.0. The monoisotopic (exact) mass is 535 g/mol. The normalized spacial score (nSPS) is 17.9. The number of aliphatic carboxylic acids is 1. The first-order valence-electron chi connectivity index (χ1n) is 12.5. The van der Waals surface area contributed by atoms with Gasteiger partial charge in [0, 0.05) is 17.5 Å². The molecule has 0 radical (unpaired) electrons. The molecular weight excluding hydrogens is 511 g/mol. The summed E-state index contributed by atoms with van der Waals surface area (Å²) in [5.41, 5.74) is 2.82. The fraction of sp³-hybridized carbons (Fsp3) is 0.276. The third-order valence-electron chi connectivity index (χ3n) is 7.25. The molecule has 0 fully saturated rings. The molecule has 2 aliphatic rings. The number of carboxylic acids is 1.